The van der Waals surface area contributed by atoms with E-state index in [1.807, 2.05) is 43.6 Å². The molecular formula is C30H27N9O2. The van der Waals surface area contributed by atoms with Crippen LogP contribution in [0.25, 0.3) is 27.8 Å². The molecule has 0 aliphatic heterocycles. The topological polar surface area (TPSA) is 125 Å². The van der Waals surface area contributed by atoms with E-state index in [0.717, 1.165) is 33.5 Å². The number of benzene rings is 2. The molecule has 0 saturated carbocycles. The molecule has 0 unspecified atom stereocenters. The summed E-state index contributed by atoms with van der Waals surface area (Å²) in [5.74, 6) is 1.99. The van der Waals surface area contributed by atoms with Gasteiger partial charge in [0.2, 0.25) is 0 Å². The van der Waals surface area contributed by atoms with Gasteiger partial charge in [0.25, 0.3) is 0 Å². The number of fused-ring (bicyclic) bond motifs is 1. The lowest BCUT2D eigenvalue weighted by Gasteiger charge is -2.11. The van der Waals surface area contributed by atoms with Crippen LogP contribution in [0.4, 0.5) is 16.3 Å². The third kappa shape index (κ3) is 5.74. The number of hydrogen-bond donors (Lipinski definition) is 2. The fourth-order valence-corrected chi connectivity index (χ4v) is 4.28. The van der Waals surface area contributed by atoms with E-state index in [9.17, 15) is 4.79 Å². The average Bonchev–Trinajstić information content (AvgIpc) is 3.60. The zero-order valence-corrected chi connectivity index (χ0v) is 22.7. The van der Waals surface area contributed by atoms with E-state index in [0.29, 0.717) is 23.0 Å². The van der Waals surface area contributed by atoms with E-state index in [-0.39, 0.29) is 5.92 Å². The number of aromatic nitrogens is 7. The van der Waals surface area contributed by atoms with E-state index in [4.69, 9.17) is 9.84 Å². The van der Waals surface area contributed by atoms with Crippen molar-refractivity contribution in [3.05, 3.63) is 97.5 Å². The summed E-state index contributed by atoms with van der Waals surface area (Å²) in [4.78, 5) is 25.8. The lowest BCUT2D eigenvalue weighted by molar-refractivity contribution is 0.262. The van der Waals surface area contributed by atoms with Crippen LogP contribution in [0, 0.1) is 0 Å². The molecule has 0 bridgehead atoms. The molecule has 2 N–H and O–H groups in total. The molecule has 4 heterocycles. The van der Waals surface area contributed by atoms with Gasteiger partial charge in [0.1, 0.15) is 23.6 Å². The molecular weight excluding hydrogens is 518 g/mol. The van der Waals surface area contributed by atoms with Gasteiger partial charge in [-0.2, -0.15) is 10.2 Å². The largest absolute Gasteiger partial charge is 0.457 e. The minimum Gasteiger partial charge on any atom is -0.457 e. The zero-order valence-electron chi connectivity index (χ0n) is 22.7. The van der Waals surface area contributed by atoms with Crippen LogP contribution in [-0.4, -0.2) is 40.5 Å². The Hall–Kier alpha value is -5.58. The second kappa shape index (κ2) is 10.9. The summed E-state index contributed by atoms with van der Waals surface area (Å²) in [6, 6.07) is 18.0. The van der Waals surface area contributed by atoms with E-state index < -0.39 is 6.03 Å². The number of anilines is 2. The minimum atomic E-state index is -0.394. The van der Waals surface area contributed by atoms with Gasteiger partial charge in [-0.25, -0.2) is 19.4 Å². The molecule has 0 aliphatic rings. The molecule has 0 radical (unpaired) electrons. The van der Waals surface area contributed by atoms with Crippen LogP contribution in [0.3, 0.4) is 0 Å². The van der Waals surface area contributed by atoms with Gasteiger partial charge in [0.05, 0.1) is 28.8 Å². The molecule has 204 valence electrons. The fraction of sp³-hybridized carbons (Fsp3) is 0.133. The van der Waals surface area contributed by atoms with Crippen LogP contribution in [-0.2, 0) is 7.05 Å². The summed E-state index contributed by atoms with van der Waals surface area (Å²) in [6.07, 6.45) is 8.61. The maximum Gasteiger partial charge on any atom is 0.324 e. The standard InChI is InChI=1S/C30H27N9O2/c1-19(2)27-14-29(39(37-27)23-6-9-26-20(12-23)15-31-18-33-26)36-30(40)35-22-4-7-24(8-5-22)41-25-10-11-32-28(13-25)21-16-34-38(3)17-21/h4-19H,1-3H3,(H2,35,36,40). The number of nitrogens with one attached hydrogen (secondary N) is 2. The summed E-state index contributed by atoms with van der Waals surface area (Å²) in [5, 5.41) is 15.6. The molecule has 0 saturated heterocycles. The van der Waals surface area contributed by atoms with Crippen LogP contribution in [0.1, 0.15) is 25.5 Å². The highest BCUT2D eigenvalue weighted by molar-refractivity contribution is 5.99. The summed E-state index contributed by atoms with van der Waals surface area (Å²) in [7, 11) is 1.86. The first kappa shape index (κ1) is 25.7. The molecule has 4 aromatic heterocycles. The van der Waals surface area contributed by atoms with Crippen LogP contribution < -0.4 is 15.4 Å². The SMILES string of the molecule is CC(C)c1cc(NC(=O)Nc2ccc(Oc3ccnc(-c4cnn(C)c4)c3)cc2)n(-c2ccc3ncncc3c2)n1. The van der Waals surface area contributed by atoms with Crippen molar-refractivity contribution >= 4 is 28.4 Å². The number of carbonyl (C=O) groups excluding carboxylic acids is 1. The first-order chi connectivity index (χ1) is 19.9. The van der Waals surface area contributed by atoms with Crippen molar-refractivity contribution in [2.24, 2.45) is 7.05 Å². The van der Waals surface area contributed by atoms with Crippen LogP contribution in [0.5, 0.6) is 11.5 Å². The third-order valence-electron chi connectivity index (χ3n) is 6.37. The molecule has 2 amide bonds. The highest BCUT2D eigenvalue weighted by atomic mass is 16.5. The molecule has 11 nitrogen and oxygen atoms in total. The molecule has 2 aromatic carbocycles. The number of aryl methyl sites for hydroxylation is 1. The Bertz CT molecular complexity index is 1840. The Balaban J connectivity index is 1.15. The second-order valence-electron chi connectivity index (χ2n) is 9.77. The van der Waals surface area contributed by atoms with Crippen molar-refractivity contribution in [1.82, 2.24) is 34.5 Å². The van der Waals surface area contributed by atoms with E-state index in [2.05, 4.69) is 44.5 Å². The first-order valence-electron chi connectivity index (χ1n) is 13.0. The Morgan fingerprint density at radius 3 is 2.56 bits per heavy atom. The Morgan fingerprint density at radius 2 is 1.78 bits per heavy atom. The monoisotopic (exact) mass is 545 g/mol. The van der Waals surface area contributed by atoms with Crippen LogP contribution >= 0.6 is 0 Å². The summed E-state index contributed by atoms with van der Waals surface area (Å²) < 4.78 is 9.45. The number of hydrogen-bond acceptors (Lipinski definition) is 7. The number of pyridine rings is 1. The molecule has 0 spiro atoms. The van der Waals surface area contributed by atoms with E-state index >= 15 is 0 Å². The molecule has 0 atom stereocenters. The van der Waals surface area contributed by atoms with E-state index in [1.54, 1.807) is 58.3 Å². The van der Waals surface area contributed by atoms with Crippen molar-refractivity contribution in [2.75, 3.05) is 10.6 Å². The van der Waals surface area contributed by atoms with Gasteiger partial charge in [-0.15, -0.1) is 0 Å². The van der Waals surface area contributed by atoms with Crippen molar-refractivity contribution in [1.29, 1.82) is 0 Å². The molecule has 6 rings (SSSR count). The summed E-state index contributed by atoms with van der Waals surface area (Å²) in [6.45, 7) is 4.11. The smallest absolute Gasteiger partial charge is 0.324 e. The van der Waals surface area contributed by atoms with Crippen molar-refractivity contribution in [2.45, 2.75) is 19.8 Å². The maximum absolute atomic E-state index is 13.0. The number of nitrogens with zero attached hydrogens (tertiary/aromatic N) is 7. The van der Waals surface area contributed by atoms with E-state index in [1.165, 1.54) is 6.33 Å². The van der Waals surface area contributed by atoms with Gasteiger partial charge >= 0.3 is 6.03 Å². The van der Waals surface area contributed by atoms with Gasteiger partial charge in [-0.05, 0) is 54.4 Å². The summed E-state index contributed by atoms with van der Waals surface area (Å²) in [5.41, 5.74) is 4.76. The van der Waals surface area contributed by atoms with Gasteiger partial charge in [-0.1, -0.05) is 13.8 Å². The first-order valence-corrected chi connectivity index (χ1v) is 13.0. The number of amides is 2. The van der Waals surface area contributed by atoms with Gasteiger partial charge in [0.15, 0.2) is 0 Å². The van der Waals surface area contributed by atoms with Gasteiger partial charge in [-0.3, -0.25) is 15.0 Å². The fourth-order valence-electron chi connectivity index (χ4n) is 4.28. The predicted octanol–water partition coefficient (Wildman–Crippen LogP) is 6.17. The Labute approximate surface area is 235 Å². The molecule has 0 aliphatic carbocycles. The highest BCUT2D eigenvalue weighted by Gasteiger charge is 2.15. The number of carbonyl (C=O) groups is 1. The maximum atomic E-state index is 13.0. The molecule has 6 aromatic rings. The quantitative estimate of drug-likeness (QED) is 0.246. The summed E-state index contributed by atoms with van der Waals surface area (Å²) >= 11 is 0. The Morgan fingerprint density at radius 1 is 0.927 bits per heavy atom. The molecule has 11 heteroatoms. The normalized spacial score (nSPS) is 11.1. The van der Waals surface area contributed by atoms with Crippen LogP contribution in [0.15, 0.2) is 91.8 Å². The lowest BCUT2D eigenvalue weighted by atomic mass is 10.1. The number of urea groups is 1. The van der Waals surface area contributed by atoms with Crippen LogP contribution in [0.2, 0.25) is 0 Å². The zero-order chi connectivity index (χ0) is 28.3. The van der Waals surface area contributed by atoms with Crippen molar-refractivity contribution in [3.8, 4) is 28.4 Å². The lowest BCUT2D eigenvalue weighted by Crippen LogP contribution is -2.21. The Kier molecular flexibility index (Phi) is 6.82. The minimum absolute atomic E-state index is 0.178. The van der Waals surface area contributed by atoms with Crippen molar-refractivity contribution < 1.29 is 9.53 Å². The predicted molar refractivity (Wildman–Crippen MR) is 156 cm³/mol. The number of rotatable bonds is 7. The molecule has 41 heavy (non-hydrogen) atoms. The third-order valence-corrected chi connectivity index (χ3v) is 6.37. The molecule has 0 fully saturated rings. The average molecular weight is 546 g/mol. The second-order valence-corrected chi connectivity index (χ2v) is 9.77. The highest BCUT2D eigenvalue weighted by Crippen LogP contribution is 2.27. The van der Waals surface area contributed by atoms with Crippen molar-refractivity contribution in [3.63, 3.8) is 0 Å². The number of ether oxygens (including phenoxy) is 1. The van der Waals surface area contributed by atoms with Gasteiger partial charge < -0.3 is 10.1 Å². The van der Waals surface area contributed by atoms with Gasteiger partial charge in [0, 0.05) is 54.4 Å².